The normalized spacial score (nSPS) is 28.3. The second-order valence-electron chi connectivity index (χ2n) is 6.26. The van der Waals surface area contributed by atoms with Gasteiger partial charge >= 0.3 is 0 Å². The first-order chi connectivity index (χ1) is 9.86. The van der Waals surface area contributed by atoms with Crippen molar-refractivity contribution in [2.24, 2.45) is 11.3 Å². The van der Waals surface area contributed by atoms with Gasteiger partial charge in [-0.3, -0.25) is 0 Å². The zero-order chi connectivity index (χ0) is 15.4. The van der Waals surface area contributed by atoms with Crippen molar-refractivity contribution in [2.75, 3.05) is 18.1 Å². The molecule has 3 atom stereocenters. The van der Waals surface area contributed by atoms with Gasteiger partial charge in [-0.1, -0.05) is 20.8 Å². The van der Waals surface area contributed by atoms with Crippen LogP contribution in [0.5, 0.6) is 0 Å². The van der Waals surface area contributed by atoms with Crippen molar-refractivity contribution < 1.29 is 9.84 Å². The standard InChI is InChI=1S/C14H21N5O2/c1-7-10(6-20)21-11(14(7,2)3)8-4-5-9-12(15)17-13(16)18-19(8)9/h4-5,7,10-11,20H,6H2,1-3H3,(H4,15,16,17,18)/t7-,10-,11+/m1/s1. The third-order valence-electron chi connectivity index (χ3n) is 4.75. The Labute approximate surface area is 122 Å². The van der Waals surface area contributed by atoms with Gasteiger partial charge in [-0.25, -0.2) is 4.52 Å². The Bertz CT molecular complexity index is 681. The van der Waals surface area contributed by atoms with E-state index in [2.05, 4.69) is 30.9 Å². The van der Waals surface area contributed by atoms with Crippen LogP contribution in [0.1, 0.15) is 32.6 Å². The van der Waals surface area contributed by atoms with Crippen molar-refractivity contribution in [1.29, 1.82) is 0 Å². The Hall–Kier alpha value is -1.86. The number of anilines is 2. The Morgan fingerprint density at radius 3 is 2.71 bits per heavy atom. The summed E-state index contributed by atoms with van der Waals surface area (Å²) in [6.07, 6.45) is -0.382. The predicted molar refractivity (Wildman–Crippen MR) is 79.5 cm³/mol. The molecule has 0 aliphatic carbocycles. The predicted octanol–water partition coefficient (Wildman–Crippen LogP) is 0.988. The van der Waals surface area contributed by atoms with Gasteiger partial charge in [0.1, 0.15) is 11.6 Å². The molecule has 3 rings (SSSR count). The summed E-state index contributed by atoms with van der Waals surface area (Å²) in [5.41, 5.74) is 13.0. The largest absolute Gasteiger partial charge is 0.394 e. The Morgan fingerprint density at radius 1 is 1.38 bits per heavy atom. The molecule has 5 N–H and O–H groups in total. The Morgan fingerprint density at radius 2 is 2.10 bits per heavy atom. The summed E-state index contributed by atoms with van der Waals surface area (Å²) in [7, 11) is 0. The summed E-state index contributed by atoms with van der Waals surface area (Å²) in [5.74, 6) is 0.686. The molecule has 0 saturated carbocycles. The fourth-order valence-electron chi connectivity index (χ4n) is 3.09. The van der Waals surface area contributed by atoms with Crippen LogP contribution in [0.15, 0.2) is 12.1 Å². The topological polar surface area (TPSA) is 112 Å². The molecule has 0 spiro atoms. The van der Waals surface area contributed by atoms with Crippen molar-refractivity contribution in [3.8, 4) is 0 Å². The fraction of sp³-hybridized carbons (Fsp3) is 0.571. The van der Waals surface area contributed by atoms with Gasteiger partial charge in [-0.2, -0.15) is 4.98 Å². The van der Waals surface area contributed by atoms with Crippen LogP contribution in [0.3, 0.4) is 0 Å². The number of nitrogens with two attached hydrogens (primary N) is 2. The molecule has 0 amide bonds. The van der Waals surface area contributed by atoms with Crippen LogP contribution in [-0.2, 0) is 4.74 Å². The lowest BCUT2D eigenvalue weighted by molar-refractivity contribution is -0.0115. The molecule has 0 radical (unpaired) electrons. The Balaban J connectivity index is 2.13. The van der Waals surface area contributed by atoms with E-state index >= 15 is 0 Å². The first-order valence-corrected chi connectivity index (χ1v) is 7.03. The van der Waals surface area contributed by atoms with Crippen LogP contribution in [0.2, 0.25) is 0 Å². The van der Waals surface area contributed by atoms with E-state index in [0.717, 1.165) is 5.69 Å². The van der Waals surface area contributed by atoms with Gasteiger partial charge in [0.05, 0.1) is 18.4 Å². The number of hydrogen-bond donors (Lipinski definition) is 3. The highest BCUT2D eigenvalue weighted by Gasteiger charge is 2.49. The van der Waals surface area contributed by atoms with E-state index in [1.165, 1.54) is 0 Å². The molecule has 2 aromatic rings. The summed E-state index contributed by atoms with van der Waals surface area (Å²) >= 11 is 0. The first-order valence-electron chi connectivity index (χ1n) is 7.03. The van der Waals surface area contributed by atoms with Crippen LogP contribution in [-0.4, -0.2) is 32.4 Å². The molecule has 3 heterocycles. The van der Waals surface area contributed by atoms with Gasteiger partial charge in [-0.15, -0.1) is 5.10 Å². The second-order valence-corrected chi connectivity index (χ2v) is 6.26. The molecular formula is C14H21N5O2. The number of nitrogen functional groups attached to an aromatic ring is 2. The summed E-state index contributed by atoms with van der Waals surface area (Å²) < 4.78 is 7.75. The van der Waals surface area contributed by atoms with E-state index in [4.69, 9.17) is 16.2 Å². The minimum atomic E-state index is -0.194. The Kier molecular flexibility index (Phi) is 3.07. The minimum Gasteiger partial charge on any atom is -0.394 e. The maximum absolute atomic E-state index is 9.49. The highest BCUT2D eigenvalue weighted by molar-refractivity contribution is 5.66. The zero-order valence-electron chi connectivity index (χ0n) is 12.4. The number of aliphatic hydroxyl groups is 1. The summed E-state index contributed by atoms with van der Waals surface area (Å²) in [6.45, 7) is 6.36. The number of aliphatic hydroxyl groups excluding tert-OH is 1. The van der Waals surface area contributed by atoms with E-state index < -0.39 is 0 Å². The molecule has 7 heteroatoms. The number of rotatable bonds is 2. The molecule has 7 nitrogen and oxygen atoms in total. The number of hydrogen-bond acceptors (Lipinski definition) is 6. The van der Waals surface area contributed by atoms with Crippen LogP contribution in [0.25, 0.3) is 5.52 Å². The van der Waals surface area contributed by atoms with Crippen molar-refractivity contribution in [1.82, 2.24) is 14.6 Å². The highest BCUT2D eigenvalue weighted by atomic mass is 16.5. The molecule has 1 aliphatic heterocycles. The smallest absolute Gasteiger partial charge is 0.240 e. The second kappa shape index (κ2) is 4.57. The number of ether oxygens (including phenoxy) is 1. The van der Waals surface area contributed by atoms with Gasteiger partial charge in [0.2, 0.25) is 5.95 Å². The quantitative estimate of drug-likeness (QED) is 0.760. The maximum atomic E-state index is 9.49. The van der Waals surface area contributed by atoms with Gasteiger partial charge < -0.3 is 21.3 Å². The highest BCUT2D eigenvalue weighted by Crippen LogP contribution is 2.51. The first kappa shape index (κ1) is 14.1. The average molecular weight is 291 g/mol. The molecule has 0 bridgehead atoms. The van der Waals surface area contributed by atoms with Crippen LogP contribution >= 0.6 is 0 Å². The molecule has 1 saturated heterocycles. The van der Waals surface area contributed by atoms with Crippen molar-refractivity contribution in [3.05, 3.63) is 17.8 Å². The summed E-state index contributed by atoms with van der Waals surface area (Å²) in [6, 6.07) is 3.79. The molecule has 2 aromatic heterocycles. The fourth-order valence-corrected chi connectivity index (χ4v) is 3.09. The molecule has 0 aromatic carbocycles. The van der Waals surface area contributed by atoms with Crippen molar-refractivity contribution >= 4 is 17.3 Å². The van der Waals surface area contributed by atoms with E-state index in [-0.39, 0.29) is 36.1 Å². The molecule has 1 aliphatic rings. The third kappa shape index (κ3) is 1.96. The van der Waals surface area contributed by atoms with Crippen molar-refractivity contribution in [2.45, 2.75) is 33.0 Å². The van der Waals surface area contributed by atoms with Crippen LogP contribution < -0.4 is 11.5 Å². The lowest BCUT2D eigenvalue weighted by atomic mass is 9.75. The molecule has 21 heavy (non-hydrogen) atoms. The molecule has 0 unspecified atom stereocenters. The van der Waals surface area contributed by atoms with Crippen molar-refractivity contribution in [3.63, 3.8) is 0 Å². The minimum absolute atomic E-state index is 0.00364. The van der Waals surface area contributed by atoms with Crippen LogP contribution in [0, 0.1) is 11.3 Å². The molecule has 114 valence electrons. The lowest BCUT2D eigenvalue weighted by Gasteiger charge is -2.28. The zero-order valence-corrected chi connectivity index (χ0v) is 12.4. The lowest BCUT2D eigenvalue weighted by Crippen LogP contribution is -2.27. The number of nitrogens with zero attached hydrogens (tertiary/aromatic N) is 3. The number of aromatic nitrogens is 3. The molecular weight excluding hydrogens is 270 g/mol. The van der Waals surface area contributed by atoms with E-state index in [0.29, 0.717) is 11.3 Å². The van der Waals surface area contributed by atoms with Gasteiger partial charge in [0, 0.05) is 5.41 Å². The van der Waals surface area contributed by atoms with Crippen LogP contribution in [0.4, 0.5) is 11.8 Å². The number of fused-ring (bicyclic) bond motifs is 1. The maximum Gasteiger partial charge on any atom is 0.240 e. The van der Waals surface area contributed by atoms with Gasteiger partial charge in [0.25, 0.3) is 0 Å². The summed E-state index contributed by atoms with van der Waals surface area (Å²) in [4.78, 5) is 3.97. The van der Waals surface area contributed by atoms with Gasteiger partial charge in [-0.05, 0) is 18.1 Å². The monoisotopic (exact) mass is 291 g/mol. The molecule has 1 fully saturated rings. The average Bonchev–Trinajstić information content (AvgIpc) is 2.91. The van der Waals surface area contributed by atoms with E-state index in [9.17, 15) is 5.11 Å². The van der Waals surface area contributed by atoms with Gasteiger partial charge in [0.15, 0.2) is 5.82 Å². The SMILES string of the molecule is C[C@@H]1[C@@H](CO)O[C@@H](c2ccc3c(N)nc(N)nn23)C1(C)C. The van der Waals surface area contributed by atoms with E-state index in [1.807, 2.05) is 12.1 Å². The third-order valence-corrected chi connectivity index (χ3v) is 4.75. The summed E-state index contributed by atoms with van der Waals surface area (Å²) in [5, 5.41) is 13.7. The van der Waals surface area contributed by atoms with E-state index in [1.54, 1.807) is 4.52 Å².